The molecule has 2 saturated carbocycles. The summed E-state index contributed by atoms with van der Waals surface area (Å²) in [6.07, 6.45) is 8.12. The molecule has 0 bridgehead atoms. The van der Waals surface area contributed by atoms with Gasteiger partial charge in [-0.05, 0) is 56.7 Å². The smallest absolute Gasteiger partial charge is 0.263 e. The first-order valence-electron chi connectivity index (χ1n) is 10.2. The van der Waals surface area contributed by atoms with Crippen molar-refractivity contribution >= 4 is 20.2 Å². The van der Waals surface area contributed by atoms with E-state index in [0.29, 0.717) is 36.8 Å². The zero-order chi connectivity index (χ0) is 20.4. The molecule has 0 atom stereocenters. The second kappa shape index (κ2) is 8.81. The number of hydrogen-bond donors (Lipinski definition) is 0. The van der Waals surface area contributed by atoms with Crippen LogP contribution in [0.5, 0.6) is 0 Å². The highest BCUT2D eigenvalue weighted by molar-refractivity contribution is 7.87. The van der Waals surface area contributed by atoms with Crippen molar-refractivity contribution in [3.63, 3.8) is 0 Å². The summed E-state index contributed by atoms with van der Waals surface area (Å²) < 4.78 is 62.3. The van der Waals surface area contributed by atoms with Gasteiger partial charge in [0.05, 0.1) is 22.0 Å². The van der Waals surface area contributed by atoms with Gasteiger partial charge in [-0.15, -0.1) is 0 Å². The zero-order valence-electron chi connectivity index (χ0n) is 16.6. The minimum Gasteiger partial charge on any atom is -0.263 e. The lowest BCUT2D eigenvalue weighted by molar-refractivity contribution is 0.161. The minimum absolute atomic E-state index is 0.0884. The SMILES string of the molecule is Cc1cc(C)c(S(=O)(=O)OC2CCCCC2)cc1S(=O)(=O)OC1CCCCC1. The summed E-state index contributed by atoms with van der Waals surface area (Å²) in [5.74, 6) is 0. The highest BCUT2D eigenvalue weighted by Gasteiger charge is 2.30. The first-order valence-corrected chi connectivity index (χ1v) is 13.0. The summed E-state index contributed by atoms with van der Waals surface area (Å²) >= 11 is 0. The van der Waals surface area contributed by atoms with Crippen molar-refractivity contribution in [1.29, 1.82) is 0 Å². The maximum absolute atomic E-state index is 12.8. The van der Waals surface area contributed by atoms with Crippen molar-refractivity contribution in [2.75, 3.05) is 0 Å². The van der Waals surface area contributed by atoms with Gasteiger partial charge in [-0.25, -0.2) is 0 Å². The summed E-state index contributed by atoms with van der Waals surface area (Å²) in [7, 11) is -8.09. The third-order valence-electron chi connectivity index (χ3n) is 5.64. The fraction of sp³-hybridized carbons (Fsp3) is 0.700. The second-order valence-corrected chi connectivity index (χ2v) is 11.1. The molecule has 0 aliphatic heterocycles. The van der Waals surface area contributed by atoms with Crippen molar-refractivity contribution in [3.05, 3.63) is 23.3 Å². The highest BCUT2D eigenvalue weighted by atomic mass is 32.2. The minimum atomic E-state index is -4.04. The van der Waals surface area contributed by atoms with Crippen LogP contribution in [-0.4, -0.2) is 29.0 Å². The van der Waals surface area contributed by atoms with Gasteiger partial charge in [0.15, 0.2) is 0 Å². The molecule has 0 unspecified atom stereocenters. The van der Waals surface area contributed by atoms with Crippen molar-refractivity contribution < 1.29 is 25.2 Å². The lowest BCUT2D eigenvalue weighted by Gasteiger charge is -2.23. The van der Waals surface area contributed by atoms with E-state index in [1.165, 1.54) is 6.07 Å². The molecule has 0 spiro atoms. The average molecular weight is 431 g/mol. The lowest BCUT2D eigenvalue weighted by Crippen LogP contribution is -2.23. The number of benzene rings is 1. The van der Waals surface area contributed by atoms with Crippen LogP contribution in [0.2, 0.25) is 0 Å². The molecular formula is C20H30O6S2. The average Bonchev–Trinajstić information content (AvgIpc) is 2.62. The van der Waals surface area contributed by atoms with Gasteiger partial charge in [-0.1, -0.05) is 44.6 Å². The third-order valence-corrected chi connectivity index (χ3v) is 8.65. The van der Waals surface area contributed by atoms with Crippen LogP contribution in [0, 0.1) is 13.8 Å². The Kier molecular flexibility index (Phi) is 6.84. The van der Waals surface area contributed by atoms with E-state index in [1.54, 1.807) is 19.9 Å². The summed E-state index contributed by atoms with van der Waals surface area (Å²) in [6.45, 7) is 3.31. The summed E-state index contributed by atoms with van der Waals surface area (Å²) in [4.78, 5) is -0.177. The summed E-state index contributed by atoms with van der Waals surface area (Å²) in [5, 5.41) is 0. The molecule has 2 fully saturated rings. The van der Waals surface area contributed by atoms with E-state index < -0.39 is 20.2 Å². The molecule has 0 saturated heterocycles. The van der Waals surface area contributed by atoms with Gasteiger partial charge in [-0.2, -0.15) is 16.8 Å². The monoisotopic (exact) mass is 430 g/mol. The predicted molar refractivity (Wildman–Crippen MR) is 106 cm³/mol. The Morgan fingerprint density at radius 2 is 1.00 bits per heavy atom. The molecule has 0 aromatic heterocycles. The standard InChI is InChI=1S/C20H30O6S2/c1-15-13-16(2)20(28(23,24)26-18-11-7-4-8-12-18)14-19(15)27(21,22)25-17-9-5-3-6-10-17/h13-14,17-18H,3-12H2,1-2H3. The van der Waals surface area contributed by atoms with Crippen LogP contribution in [0.3, 0.4) is 0 Å². The molecule has 0 N–H and O–H groups in total. The van der Waals surface area contributed by atoms with E-state index in [1.807, 2.05) is 0 Å². The topological polar surface area (TPSA) is 86.7 Å². The fourth-order valence-corrected chi connectivity index (χ4v) is 6.95. The Balaban J connectivity index is 1.88. The Morgan fingerprint density at radius 1 is 0.643 bits per heavy atom. The van der Waals surface area contributed by atoms with Crippen LogP contribution in [0.15, 0.2) is 21.9 Å². The van der Waals surface area contributed by atoms with Crippen LogP contribution < -0.4 is 0 Å². The Morgan fingerprint density at radius 3 is 1.36 bits per heavy atom. The van der Waals surface area contributed by atoms with Crippen molar-refractivity contribution in [3.8, 4) is 0 Å². The Labute approximate surface area is 168 Å². The molecule has 2 aliphatic rings. The molecule has 1 aromatic rings. The first kappa shape index (κ1) is 21.7. The first-order chi connectivity index (χ1) is 13.2. The largest absolute Gasteiger partial charge is 0.297 e. The number of aryl methyl sites for hydroxylation is 2. The van der Waals surface area contributed by atoms with Crippen LogP contribution >= 0.6 is 0 Å². The second-order valence-electron chi connectivity index (χ2n) is 8.00. The Bertz CT molecular complexity index is 822. The van der Waals surface area contributed by atoms with Gasteiger partial charge in [0.1, 0.15) is 0 Å². The van der Waals surface area contributed by atoms with E-state index in [-0.39, 0.29) is 22.0 Å². The van der Waals surface area contributed by atoms with Crippen molar-refractivity contribution in [1.82, 2.24) is 0 Å². The van der Waals surface area contributed by atoms with Crippen molar-refractivity contribution in [2.45, 2.75) is 100 Å². The van der Waals surface area contributed by atoms with E-state index in [9.17, 15) is 16.8 Å². The van der Waals surface area contributed by atoms with Crippen molar-refractivity contribution in [2.24, 2.45) is 0 Å². The predicted octanol–water partition coefficient (Wildman–Crippen LogP) is 4.38. The molecule has 0 radical (unpaired) electrons. The number of hydrogen-bond acceptors (Lipinski definition) is 6. The van der Waals surface area contributed by atoms with E-state index in [2.05, 4.69) is 0 Å². The molecule has 6 nitrogen and oxygen atoms in total. The molecule has 3 rings (SSSR count). The normalized spacial score (nSPS) is 20.4. The highest BCUT2D eigenvalue weighted by Crippen LogP contribution is 2.31. The van der Waals surface area contributed by atoms with Gasteiger partial charge in [0.25, 0.3) is 20.2 Å². The van der Waals surface area contributed by atoms with E-state index >= 15 is 0 Å². The molecule has 0 amide bonds. The quantitative estimate of drug-likeness (QED) is 0.623. The van der Waals surface area contributed by atoms with E-state index in [0.717, 1.165) is 38.5 Å². The molecule has 8 heteroatoms. The third kappa shape index (κ3) is 5.14. The van der Waals surface area contributed by atoms with E-state index in [4.69, 9.17) is 8.37 Å². The summed E-state index contributed by atoms with van der Waals surface area (Å²) in [5.41, 5.74) is 0.954. The lowest BCUT2D eigenvalue weighted by atomic mass is 9.98. The van der Waals surface area contributed by atoms with Gasteiger partial charge >= 0.3 is 0 Å². The molecule has 28 heavy (non-hydrogen) atoms. The van der Waals surface area contributed by atoms with Crippen LogP contribution in [-0.2, 0) is 28.6 Å². The van der Waals surface area contributed by atoms with Crippen LogP contribution in [0.25, 0.3) is 0 Å². The number of rotatable bonds is 6. The molecule has 2 aliphatic carbocycles. The maximum Gasteiger partial charge on any atom is 0.297 e. The molecular weight excluding hydrogens is 400 g/mol. The summed E-state index contributed by atoms with van der Waals surface area (Å²) in [6, 6.07) is 2.79. The molecule has 1 aromatic carbocycles. The van der Waals surface area contributed by atoms with Crippen LogP contribution in [0.1, 0.15) is 75.3 Å². The maximum atomic E-state index is 12.8. The fourth-order valence-electron chi connectivity index (χ4n) is 4.14. The van der Waals surface area contributed by atoms with Gasteiger partial charge in [-0.3, -0.25) is 8.37 Å². The van der Waals surface area contributed by atoms with Gasteiger partial charge < -0.3 is 0 Å². The Hall–Kier alpha value is -0.960. The van der Waals surface area contributed by atoms with Gasteiger partial charge in [0, 0.05) is 0 Å². The van der Waals surface area contributed by atoms with Crippen LogP contribution in [0.4, 0.5) is 0 Å². The molecule has 158 valence electrons. The van der Waals surface area contributed by atoms with Gasteiger partial charge in [0.2, 0.25) is 0 Å². The molecule has 0 heterocycles. The zero-order valence-corrected chi connectivity index (χ0v) is 18.3.